The summed E-state index contributed by atoms with van der Waals surface area (Å²) < 4.78 is 0. The first kappa shape index (κ1) is 18.7. The molecule has 0 amide bonds. The lowest BCUT2D eigenvalue weighted by Gasteiger charge is -2.47. The van der Waals surface area contributed by atoms with Gasteiger partial charge in [-0.1, -0.05) is 56.4 Å². The highest BCUT2D eigenvalue weighted by atomic mass is 15.8. The van der Waals surface area contributed by atoms with E-state index in [4.69, 9.17) is 0 Å². The summed E-state index contributed by atoms with van der Waals surface area (Å²) in [6, 6.07) is 0. The zero-order valence-electron chi connectivity index (χ0n) is 16.1. The van der Waals surface area contributed by atoms with Crippen molar-refractivity contribution in [1.29, 1.82) is 0 Å². The van der Waals surface area contributed by atoms with Crippen LogP contribution in [0.2, 0.25) is 0 Å². The fourth-order valence-corrected chi connectivity index (χ4v) is 4.01. The lowest BCUT2D eigenvalue weighted by molar-refractivity contribution is 0.251. The van der Waals surface area contributed by atoms with Crippen LogP contribution in [0.4, 0.5) is 0 Å². The highest BCUT2D eigenvalue weighted by Gasteiger charge is 2.43. The average molecular weight is 329 g/mol. The van der Waals surface area contributed by atoms with E-state index in [1.165, 1.54) is 34.3 Å². The van der Waals surface area contributed by atoms with Crippen molar-refractivity contribution in [3.8, 4) is 0 Å². The summed E-state index contributed by atoms with van der Waals surface area (Å²) >= 11 is 0. The summed E-state index contributed by atoms with van der Waals surface area (Å²) in [6.45, 7) is 19.3. The van der Waals surface area contributed by atoms with Gasteiger partial charge in [0.1, 0.15) is 0 Å². The predicted molar refractivity (Wildman–Crippen MR) is 101 cm³/mol. The van der Waals surface area contributed by atoms with Gasteiger partial charge in [-0.2, -0.15) is 5.43 Å². The van der Waals surface area contributed by atoms with E-state index < -0.39 is 0 Å². The van der Waals surface area contributed by atoms with Gasteiger partial charge in [0, 0.05) is 12.5 Å². The van der Waals surface area contributed by atoms with Crippen LogP contribution >= 0.6 is 0 Å². The first-order valence-electron chi connectivity index (χ1n) is 9.00. The molecule has 3 atom stereocenters. The summed E-state index contributed by atoms with van der Waals surface area (Å²) in [5.41, 5.74) is 9.74. The molecule has 24 heavy (non-hydrogen) atoms. The minimum atomic E-state index is -0.0551. The molecule has 1 heterocycles. The molecular formula is C20H32N4. The van der Waals surface area contributed by atoms with Crippen LogP contribution in [0, 0.1) is 11.3 Å². The SMILES string of the molecule is C=C1CC2CC/C(=C(/C)C3N=NN(C)N3)C(=C)C2(C)C=C1C.CC. The van der Waals surface area contributed by atoms with Crippen molar-refractivity contribution in [3.63, 3.8) is 0 Å². The number of rotatable bonds is 1. The fourth-order valence-electron chi connectivity index (χ4n) is 4.01. The highest BCUT2D eigenvalue weighted by Crippen LogP contribution is 2.54. The lowest BCUT2D eigenvalue weighted by Crippen LogP contribution is -2.38. The molecule has 2 aliphatic carbocycles. The minimum Gasteiger partial charge on any atom is -0.212 e. The van der Waals surface area contributed by atoms with E-state index in [0.29, 0.717) is 5.92 Å². The third-order valence-electron chi connectivity index (χ3n) is 5.67. The van der Waals surface area contributed by atoms with Gasteiger partial charge in [-0.15, -0.1) is 5.11 Å². The van der Waals surface area contributed by atoms with Gasteiger partial charge in [-0.05, 0) is 55.7 Å². The molecule has 0 saturated heterocycles. The van der Waals surface area contributed by atoms with Gasteiger partial charge >= 0.3 is 0 Å². The second-order valence-corrected chi connectivity index (χ2v) is 7.05. The quantitative estimate of drug-likeness (QED) is 0.704. The van der Waals surface area contributed by atoms with Crippen LogP contribution < -0.4 is 5.43 Å². The number of allylic oxidation sites excluding steroid dienone is 5. The van der Waals surface area contributed by atoms with Crippen molar-refractivity contribution in [1.82, 2.24) is 10.5 Å². The highest BCUT2D eigenvalue weighted by molar-refractivity contribution is 5.48. The van der Waals surface area contributed by atoms with E-state index in [-0.39, 0.29) is 11.6 Å². The van der Waals surface area contributed by atoms with Gasteiger partial charge < -0.3 is 0 Å². The maximum absolute atomic E-state index is 4.48. The van der Waals surface area contributed by atoms with E-state index in [9.17, 15) is 0 Å². The molecule has 0 radical (unpaired) electrons. The van der Waals surface area contributed by atoms with Crippen molar-refractivity contribution < 1.29 is 0 Å². The summed E-state index contributed by atoms with van der Waals surface area (Å²) in [5, 5.41) is 10.00. The number of hydrazine groups is 1. The second-order valence-electron chi connectivity index (χ2n) is 7.05. The Labute approximate surface area is 147 Å². The van der Waals surface area contributed by atoms with Crippen LogP contribution in [0.1, 0.15) is 53.9 Å². The van der Waals surface area contributed by atoms with Gasteiger partial charge in [0.2, 0.25) is 0 Å². The number of fused-ring (bicyclic) bond motifs is 1. The smallest absolute Gasteiger partial charge is 0.162 e. The first-order chi connectivity index (χ1) is 11.3. The van der Waals surface area contributed by atoms with Crippen LogP contribution in [0.3, 0.4) is 0 Å². The van der Waals surface area contributed by atoms with Gasteiger partial charge in [0.05, 0.1) is 0 Å². The summed E-state index contributed by atoms with van der Waals surface area (Å²) in [6.07, 6.45) is 5.68. The molecule has 0 aromatic heterocycles. The maximum Gasteiger partial charge on any atom is 0.162 e. The monoisotopic (exact) mass is 328 g/mol. The van der Waals surface area contributed by atoms with Crippen molar-refractivity contribution in [2.45, 2.75) is 60.0 Å². The molecule has 0 bridgehead atoms. The Hall–Kier alpha value is -1.68. The molecule has 0 spiro atoms. The zero-order valence-corrected chi connectivity index (χ0v) is 16.1. The second kappa shape index (κ2) is 7.06. The van der Waals surface area contributed by atoms with Crippen molar-refractivity contribution in [3.05, 3.63) is 47.1 Å². The molecule has 3 rings (SSSR count). The molecule has 3 aliphatic rings. The molecule has 0 aromatic rings. The summed E-state index contributed by atoms with van der Waals surface area (Å²) in [5.74, 6) is 0.619. The Morgan fingerprint density at radius 2 is 2.04 bits per heavy atom. The molecule has 1 N–H and O–H groups in total. The summed E-state index contributed by atoms with van der Waals surface area (Å²) in [4.78, 5) is 0. The first-order valence-corrected chi connectivity index (χ1v) is 9.00. The Balaban J connectivity index is 0.00000100. The lowest BCUT2D eigenvalue weighted by atomic mass is 9.57. The molecule has 1 fully saturated rings. The number of hydrogen-bond acceptors (Lipinski definition) is 4. The topological polar surface area (TPSA) is 40.0 Å². The molecule has 0 aromatic carbocycles. The summed E-state index contributed by atoms with van der Waals surface area (Å²) in [7, 11) is 1.87. The van der Waals surface area contributed by atoms with Crippen LogP contribution in [0.5, 0.6) is 0 Å². The van der Waals surface area contributed by atoms with Crippen LogP contribution in [0.15, 0.2) is 57.4 Å². The van der Waals surface area contributed by atoms with Crippen molar-refractivity contribution in [2.75, 3.05) is 7.05 Å². The van der Waals surface area contributed by atoms with E-state index in [0.717, 1.165) is 12.8 Å². The Bertz CT molecular complexity index is 626. The van der Waals surface area contributed by atoms with E-state index in [2.05, 4.69) is 55.8 Å². The van der Waals surface area contributed by atoms with Crippen molar-refractivity contribution in [2.24, 2.45) is 21.7 Å². The maximum atomic E-state index is 4.48. The number of nitrogens with zero attached hydrogens (tertiary/aromatic N) is 3. The minimum absolute atomic E-state index is 0.0434. The molecule has 4 heteroatoms. The van der Waals surface area contributed by atoms with Crippen LogP contribution in [0.25, 0.3) is 0 Å². The standard InChI is InChI=1S/C18H26N4.C2H6/c1-11-9-15-7-8-16(13(3)17-19-21-22(6)20-17)14(4)18(15,5)10-12(11)2;1-2/h10,15,17,20H,1,4,7-9H2,2-3,5-6H3;1-2H3/b16-13+;. The molecule has 132 valence electrons. The average Bonchev–Trinajstić information content (AvgIpc) is 2.99. The fraction of sp³-hybridized carbons (Fsp3) is 0.600. The molecule has 1 aliphatic heterocycles. The molecule has 4 nitrogen and oxygen atoms in total. The van der Waals surface area contributed by atoms with E-state index in [1.54, 1.807) is 5.12 Å². The van der Waals surface area contributed by atoms with Gasteiger partial charge in [-0.25, -0.2) is 5.12 Å². The van der Waals surface area contributed by atoms with Gasteiger partial charge in [-0.3, -0.25) is 0 Å². The predicted octanol–water partition coefficient (Wildman–Crippen LogP) is 5.35. The third-order valence-corrected chi connectivity index (χ3v) is 5.67. The number of nitrogens with one attached hydrogen (secondary N) is 1. The molecule has 3 unspecified atom stereocenters. The number of hydrogen-bond donors (Lipinski definition) is 1. The molecular weight excluding hydrogens is 296 g/mol. The Kier molecular flexibility index (Phi) is 5.49. The van der Waals surface area contributed by atoms with E-state index in [1.807, 2.05) is 20.9 Å². The Morgan fingerprint density at radius 3 is 2.62 bits per heavy atom. The van der Waals surface area contributed by atoms with Crippen molar-refractivity contribution >= 4 is 0 Å². The Morgan fingerprint density at radius 1 is 1.38 bits per heavy atom. The van der Waals surface area contributed by atoms with Gasteiger partial charge in [0.15, 0.2) is 6.17 Å². The normalized spacial score (nSPS) is 34.4. The van der Waals surface area contributed by atoms with E-state index >= 15 is 0 Å². The largest absolute Gasteiger partial charge is 0.212 e. The van der Waals surface area contributed by atoms with Crippen LogP contribution in [-0.2, 0) is 0 Å². The zero-order chi connectivity index (χ0) is 18.1. The van der Waals surface area contributed by atoms with Gasteiger partial charge in [0.25, 0.3) is 0 Å². The van der Waals surface area contributed by atoms with Crippen LogP contribution in [-0.4, -0.2) is 18.3 Å². The molecule has 1 saturated carbocycles. The third kappa shape index (κ3) is 3.12.